The minimum atomic E-state index is -0.352. The first-order chi connectivity index (χ1) is 47.1. The van der Waals surface area contributed by atoms with Crippen molar-refractivity contribution >= 4 is 28.1 Å². The molecule has 0 spiro atoms. The first-order valence-corrected chi connectivity index (χ1v) is 31.3. The lowest BCUT2D eigenvalue weighted by molar-refractivity contribution is 0.303. The third kappa shape index (κ3) is 13.5. The van der Waals surface area contributed by atoms with Crippen LogP contribution in [0.5, 0.6) is 69.0 Å². The summed E-state index contributed by atoms with van der Waals surface area (Å²) in [6.45, 7) is 1.30. The Morgan fingerprint density at radius 1 is 0.333 bits per heavy atom. The standard InChI is InChI=1S/C80H72N4O12/c1-85-69-37-9-49(41-73(69)89-5)45-93-57-21-13-53(14-22-57)77-61-29-31-63(81-61)78(54-15-23-58(24-16-54)94-46-50-10-38-70(86-2)74(42-50)90-6)65-33-35-67(83-65)80(56-19-27-60(28-20-56)96-48-52-12-40-72(88-4)76(44-52)92-8)68-36-34-66(84-68)79(64-32-30-62(77)82-64)55-17-25-59(26-18-55)95-47-51-11-39-71(87-3)75(43-51)91-7/h9-44,61,77,82-83H,45-48H2,1-8H3/b78-65-,79-66-,80-67-. The number of aliphatic imine (C=N–C) groups is 2. The average molecular weight is 1280 g/mol. The van der Waals surface area contributed by atoms with E-state index >= 15 is 0 Å². The zero-order chi connectivity index (χ0) is 66.1. The predicted molar refractivity (Wildman–Crippen MR) is 372 cm³/mol. The number of aromatic amines is 2. The molecule has 5 heterocycles. The quantitative estimate of drug-likeness (QED) is 0.0589. The summed E-state index contributed by atoms with van der Waals surface area (Å²) in [7, 11) is 13.0. The Kier molecular flexibility index (Phi) is 18.8. The van der Waals surface area contributed by atoms with Crippen molar-refractivity contribution < 1.29 is 56.8 Å². The van der Waals surface area contributed by atoms with E-state index in [0.29, 0.717) is 95.4 Å². The van der Waals surface area contributed by atoms with E-state index in [1.807, 2.05) is 121 Å². The van der Waals surface area contributed by atoms with Crippen LogP contribution in [0.25, 0.3) is 16.7 Å². The van der Waals surface area contributed by atoms with Crippen LogP contribution in [-0.4, -0.2) is 84.3 Å². The number of fused-ring (bicyclic) bond motifs is 6. The summed E-state index contributed by atoms with van der Waals surface area (Å²) in [5, 5.41) is 1.70. The molecular weight excluding hydrogens is 1210 g/mol. The molecule has 484 valence electrons. The fourth-order valence-corrected chi connectivity index (χ4v) is 12.2. The maximum absolute atomic E-state index is 6.40. The number of H-pyrrole nitrogens is 2. The zero-order valence-corrected chi connectivity index (χ0v) is 54.6. The van der Waals surface area contributed by atoms with Crippen molar-refractivity contribution in [3.8, 4) is 69.0 Å². The molecule has 0 fully saturated rings. The highest BCUT2D eigenvalue weighted by molar-refractivity contribution is 6.31. The second-order valence-electron chi connectivity index (χ2n) is 22.8. The summed E-state index contributed by atoms with van der Waals surface area (Å²) in [6, 6.07) is 64.1. The molecule has 3 aliphatic rings. The number of nitrogens with zero attached hydrogens (tertiary/aromatic N) is 2. The van der Waals surface area contributed by atoms with Gasteiger partial charge in [-0.2, -0.15) is 0 Å². The van der Waals surface area contributed by atoms with Crippen LogP contribution in [0.3, 0.4) is 0 Å². The molecule has 10 aromatic rings. The minimum Gasteiger partial charge on any atom is -0.493 e. The number of hydrogen-bond acceptors (Lipinski definition) is 14. The van der Waals surface area contributed by atoms with Gasteiger partial charge >= 0.3 is 0 Å². The second-order valence-corrected chi connectivity index (χ2v) is 22.8. The molecule has 8 bridgehead atoms. The molecular formula is C80H72N4O12. The molecule has 2 unspecified atom stereocenters. The van der Waals surface area contributed by atoms with E-state index in [1.165, 1.54) is 0 Å². The first-order valence-electron chi connectivity index (χ1n) is 31.3. The Labute approximate surface area is 557 Å². The van der Waals surface area contributed by atoms with Gasteiger partial charge in [-0.05, 0) is 184 Å². The zero-order valence-electron chi connectivity index (χ0n) is 54.6. The SMILES string of the molecule is COc1ccc(COc2ccc(/C3=C4\C=CC(=N4)/C(c4ccc(OCc5ccc(OC)c(OC)c5)cc4)=c4/cc/c([nH]4)=C(\c4ccc(OCc5ccc(OC)c(OC)c5)cc4)C4=NC(C=C4)C(c4ccc(OCc5ccc(OC)c(OC)c5)cc4)c4ccc3[nH]4)cc2)cc1OC. The van der Waals surface area contributed by atoms with E-state index in [4.69, 9.17) is 66.8 Å². The summed E-state index contributed by atoms with van der Waals surface area (Å²) < 4.78 is 69.9. The van der Waals surface area contributed by atoms with Crippen molar-refractivity contribution in [1.29, 1.82) is 0 Å². The maximum Gasteiger partial charge on any atom is 0.161 e. The molecule has 0 aliphatic carbocycles. The van der Waals surface area contributed by atoms with Gasteiger partial charge < -0.3 is 66.8 Å². The van der Waals surface area contributed by atoms with Gasteiger partial charge in [-0.25, -0.2) is 4.99 Å². The van der Waals surface area contributed by atoms with Gasteiger partial charge in [0.1, 0.15) is 49.4 Å². The fourth-order valence-electron chi connectivity index (χ4n) is 12.2. The molecule has 0 amide bonds. The molecule has 2 N–H and O–H groups in total. The Hall–Kier alpha value is -11.8. The number of hydrogen-bond donors (Lipinski definition) is 2. The number of allylic oxidation sites excluding steroid dienone is 3. The molecule has 3 aliphatic heterocycles. The van der Waals surface area contributed by atoms with Crippen LogP contribution < -0.4 is 67.5 Å². The Morgan fingerprint density at radius 2 is 0.708 bits per heavy atom. The summed E-state index contributed by atoms with van der Waals surface area (Å²) in [6.07, 6.45) is 8.52. The molecule has 2 atom stereocenters. The molecule has 0 saturated carbocycles. The average Bonchev–Trinajstić information content (AvgIpc) is 1.75. The van der Waals surface area contributed by atoms with Crippen LogP contribution in [0.1, 0.15) is 61.8 Å². The van der Waals surface area contributed by atoms with Gasteiger partial charge in [-0.3, -0.25) is 4.99 Å². The van der Waals surface area contributed by atoms with Crippen LogP contribution in [0.4, 0.5) is 0 Å². The molecule has 0 saturated heterocycles. The van der Waals surface area contributed by atoms with Crippen molar-refractivity contribution in [1.82, 2.24) is 9.97 Å². The van der Waals surface area contributed by atoms with E-state index in [2.05, 4.69) is 107 Å². The van der Waals surface area contributed by atoms with Crippen molar-refractivity contribution in [2.24, 2.45) is 9.98 Å². The van der Waals surface area contributed by atoms with Crippen LogP contribution in [0.2, 0.25) is 0 Å². The van der Waals surface area contributed by atoms with Gasteiger partial charge in [-0.1, -0.05) is 78.9 Å². The number of benzene rings is 8. The molecule has 16 heteroatoms. The van der Waals surface area contributed by atoms with E-state index in [0.717, 1.165) is 100 Å². The molecule has 8 aromatic carbocycles. The Balaban J connectivity index is 0.924. The van der Waals surface area contributed by atoms with Crippen LogP contribution in [0.15, 0.2) is 234 Å². The summed E-state index contributed by atoms with van der Waals surface area (Å²) >= 11 is 0. The number of rotatable bonds is 24. The number of ether oxygens (including phenoxy) is 12. The molecule has 13 rings (SSSR count). The van der Waals surface area contributed by atoms with Crippen molar-refractivity contribution in [2.75, 3.05) is 56.9 Å². The second kappa shape index (κ2) is 28.6. The summed E-state index contributed by atoms with van der Waals surface area (Å²) in [5.41, 5.74) is 14.4. The predicted octanol–water partition coefficient (Wildman–Crippen LogP) is 14.1. The van der Waals surface area contributed by atoms with Crippen LogP contribution in [0, 0.1) is 0 Å². The van der Waals surface area contributed by atoms with E-state index < -0.39 is 0 Å². The van der Waals surface area contributed by atoms with Crippen molar-refractivity contribution in [3.05, 3.63) is 291 Å². The van der Waals surface area contributed by atoms with Gasteiger partial charge in [0.25, 0.3) is 0 Å². The molecule has 16 nitrogen and oxygen atoms in total. The van der Waals surface area contributed by atoms with E-state index in [9.17, 15) is 0 Å². The highest BCUT2D eigenvalue weighted by Gasteiger charge is 2.30. The number of methoxy groups -OCH3 is 8. The van der Waals surface area contributed by atoms with E-state index in [-0.39, 0.29) is 12.0 Å². The molecule has 0 radical (unpaired) electrons. The van der Waals surface area contributed by atoms with Gasteiger partial charge in [0.05, 0.1) is 86.0 Å². The minimum absolute atomic E-state index is 0.282. The highest BCUT2D eigenvalue weighted by atomic mass is 16.5. The third-order valence-corrected chi connectivity index (χ3v) is 17.1. The topological polar surface area (TPSA) is 167 Å². The largest absolute Gasteiger partial charge is 0.493 e. The summed E-state index contributed by atoms with van der Waals surface area (Å²) in [4.78, 5) is 19.1. The lowest BCUT2D eigenvalue weighted by Crippen LogP contribution is -2.21. The summed E-state index contributed by atoms with van der Waals surface area (Å²) in [5.74, 6) is 7.67. The van der Waals surface area contributed by atoms with Crippen molar-refractivity contribution in [2.45, 2.75) is 38.4 Å². The Bertz CT molecular complexity index is 4750. The monoisotopic (exact) mass is 1280 g/mol. The van der Waals surface area contributed by atoms with Gasteiger partial charge in [0.2, 0.25) is 0 Å². The normalized spacial score (nSPS) is 16.5. The Morgan fingerprint density at radius 3 is 1.10 bits per heavy atom. The fraction of sp³-hybridized carbons (Fsp3) is 0.175. The highest BCUT2D eigenvalue weighted by Crippen LogP contribution is 2.40. The maximum atomic E-state index is 6.40. The van der Waals surface area contributed by atoms with Gasteiger partial charge in [-0.15, -0.1) is 0 Å². The van der Waals surface area contributed by atoms with E-state index in [1.54, 1.807) is 56.9 Å². The smallest absolute Gasteiger partial charge is 0.161 e. The lowest BCUT2D eigenvalue weighted by atomic mass is 9.89. The van der Waals surface area contributed by atoms with Crippen molar-refractivity contribution in [3.63, 3.8) is 0 Å². The lowest BCUT2D eigenvalue weighted by Gasteiger charge is -2.21. The first kappa shape index (κ1) is 63.0. The molecule has 96 heavy (non-hydrogen) atoms. The number of nitrogens with one attached hydrogen (secondary N) is 2. The van der Waals surface area contributed by atoms with Crippen LogP contribution >= 0.6 is 0 Å². The van der Waals surface area contributed by atoms with Gasteiger partial charge in [0, 0.05) is 38.8 Å². The third-order valence-electron chi connectivity index (χ3n) is 17.1. The molecule has 2 aromatic heterocycles. The van der Waals surface area contributed by atoms with Crippen LogP contribution in [-0.2, 0) is 26.4 Å². The van der Waals surface area contributed by atoms with Gasteiger partial charge in [0.15, 0.2) is 46.0 Å². The number of aromatic nitrogens is 2.